The molecule has 0 aliphatic heterocycles. The van der Waals surface area contributed by atoms with Crippen molar-refractivity contribution in [2.24, 2.45) is 0 Å². The number of aryl methyl sites for hydroxylation is 1. The van der Waals surface area contributed by atoms with Gasteiger partial charge in [-0.3, -0.25) is 4.79 Å². The molecule has 0 aliphatic rings. The Morgan fingerprint density at radius 2 is 1.84 bits per heavy atom. The molecule has 0 saturated heterocycles. The lowest BCUT2D eigenvalue weighted by Gasteiger charge is -2.20. The van der Waals surface area contributed by atoms with E-state index in [4.69, 9.17) is 0 Å². The maximum atomic E-state index is 12.5. The number of carbonyl (C=O) groups excluding carboxylic acids is 1. The molecule has 0 bridgehead atoms. The lowest BCUT2D eigenvalue weighted by atomic mass is 9.92. The number of anilines is 1. The fourth-order valence-electron chi connectivity index (χ4n) is 2.63. The van der Waals surface area contributed by atoms with Gasteiger partial charge >= 0.3 is 0 Å². The van der Waals surface area contributed by atoms with E-state index in [-0.39, 0.29) is 5.91 Å². The SMILES string of the molecule is CCn1nnnc1SCCC(=O)Nc1c(C(C)C)cccc1C(C)C. The van der Waals surface area contributed by atoms with E-state index < -0.39 is 0 Å². The molecule has 0 saturated carbocycles. The van der Waals surface area contributed by atoms with Gasteiger partial charge in [-0.1, -0.05) is 57.7 Å². The van der Waals surface area contributed by atoms with Gasteiger partial charge in [0.05, 0.1) is 0 Å². The van der Waals surface area contributed by atoms with Crippen LogP contribution in [0.4, 0.5) is 5.69 Å². The Bertz CT molecular complexity index is 685. The lowest BCUT2D eigenvalue weighted by Crippen LogP contribution is -2.16. The second kappa shape index (κ2) is 8.99. The molecule has 1 amide bonds. The summed E-state index contributed by atoms with van der Waals surface area (Å²) in [5.41, 5.74) is 3.34. The predicted molar refractivity (Wildman–Crippen MR) is 102 cm³/mol. The van der Waals surface area contributed by atoms with Crippen LogP contribution in [0.5, 0.6) is 0 Å². The van der Waals surface area contributed by atoms with Crippen molar-refractivity contribution >= 4 is 23.4 Å². The minimum absolute atomic E-state index is 0.0259. The number of nitrogens with one attached hydrogen (secondary N) is 1. The fourth-order valence-corrected chi connectivity index (χ4v) is 3.51. The summed E-state index contributed by atoms with van der Waals surface area (Å²) in [6.07, 6.45) is 0.422. The van der Waals surface area contributed by atoms with Crippen LogP contribution in [0.2, 0.25) is 0 Å². The number of tetrazole rings is 1. The second-order valence-electron chi connectivity index (χ2n) is 6.54. The molecule has 0 atom stereocenters. The minimum Gasteiger partial charge on any atom is -0.326 e. The number of hydrogen-bond acceptors (Lipinski definition) is 5. The highest BCUT2D eigenvalue weighted by molar-refractivity contribution is 7.99. The molecule has 0 unspecified atom stereocenters. The van der Waals surface area contributed by atoms with Crippen LogP contribution in [0.15, 0.2) is 23.4 Å². The molecule has 0 aliphatic carbocycles. The summed E-state index contributed by atoms with van der Waals surface area (Å²) in [7, 11) is 0. The Balaban J connectivity index is 2.02. The van der Waals surface area contributed by atoms with E-state index in [1.807, 2.05) is 6.92 Å². The molecule has 0 fully saturated rings. The normalized spacial score (nSPS) is 11.3. The molecule has 1 heterocycles. The van der Waals surface area contributed by atoms with Crippen LogP contribution < -0.4 is 5.32 Å². The first-order chi connectivity index (χ1) is 11.9. The molecule has 0 radical (unpaired) electrons. The predicted octanol–water partition coefficient (Wildman–Crippen LogP) is 4.06. The van der Waals surface area contributed by atoms with E-state index in [0.717, 1.165) is 17.4 Å². The van der Waals surface area contributed by atoms with Crippen LogP contribution in [0.3, 0.4) is 0 Å². The van der Waals surface area contributed by atoms with E-state index >= 15 is 0 Å². The van der Waals surface area contributed by atoms with Crippen LogP contribution in [-0.4, -0.2) is 31.9 Å². The number of rotatable bonds is 8. The van der Waals surface area contributed by atoms with Gasteiger partial charge in [-0.15, -0.1) is 5.10 Å². The number of nitrogens with zero attached hydrogens (tertiary/aromatic N) is 4. The number of benzene rings is 1. The second-order valence-corrected chi connectivity index (χ2v) is 7.61. The van der Waals surface area contributed by atoms with Crippen LogP contribution in [0, 0.1) is 0 Å². The van der Waals surface area contributed by atoms with Crippen molar-refractivity contribution in [1.82, 2.24) is 20.2 Å². The van der Waals surface area contributed by atoms with Gasteiger partial charge in [-0.05, 0) is 40.3 Å². The third-order valence-corrected chi connectivity index (χ3v) is 4.96. The zero-order valence-corrected chi connectivity index (χ0v) is 16.4. The molecule has 2 aromatic rings. The average molecular weight is 362 g/mol. The smallest absolute Gasteiger partial charge is 0.225 e. The van der Waals surface area contributed by atoms with E-state index in [1.165, 1.54) is 22.9 Å². The number of para-hydroxylation sites is 1. The first-order valence-corrected chi connectivity index (χ1v) is 9.74. The van der Waals surface area contributed by atoms with Crippen LogP contribution in [0.25, 0.3) is 0 Å². The first-order valence-electron chi connectivity index (χ1n) is 8.75. The molecule has 136 valence electrons. The van der Waals surface area contributed by atoms with Crippen LogP contribution in [0.1, 0.15) is 64.0 Å². The Morgan fingerprint density at radius 3 is 2.40 bits per heavy atom. The highest BCUT2D eigenvalue weighted by atomic mass is 32.2. The summed E-state index contributed by atoms with van der Waals surface area (Å²) in [6.45, 7) is 11.3. The Morgan fingerprint density at radius 1 is 1.20 bits per heavy atom. The van der Waals surface area contributed by atoms with Crippen LogP contribution in [-0.2, 0) is 11.3 Å². The highest BCUT2D eigenvalue weighted by Gasteiger charge is 2.16. The van der Waals surface area contributed by atoms with Crippen molar-refractivity contribution in [2.45, 2.75) is 64.6 Å². The quantitative estimate of drug-likeness (QED) is 0.718. The van der Waals surface area contributed by atoms with E-state index in [2.05, 4.69) is 66.7 Å². The third-order valence-electron chi connectivity index (χ3n) is 4.00. The van der Waals surface area contributed by atoms with E-state index in [0.29, 0.717) is 24.0 Å². The number of amides is 1. The van der Waals surface area contributed by atoms with E-state index in [9.17, 15) is 4.79 Å². The maximum Gasteiger partial charge on any atom is 0.225 e. The molecule has 1 aromatic heterocycles. The standard InChI is InChI=1S/C18H27N5OS/c1-6-23-18(20-21-22-23)25-11-10-16(24)19-17-14(12(2)3)8-7-9-15(17)13(4)5/h7-9,12-13H,6,10-11H2,1-5H3,(H,19,24). The van der Waals surface area contributed by atoms with Crippen LogP contribution >= 0.6 is 11.8 Å². The van der Waals surface area contributed by atoms with Crippen molar-refractivity contribution in [1.29, 1.82) is 0 Å². The van der Waals surface area contributed by atoms with Gasteiger partial charge in [0.15, 0.2) is 0 Å². The van der Waals surface area contributed by atoms with Gasteiger partial charge in [0.25, 0.3) is 0 Å². The van der Waals surface area contributed by atoms with E-state index in [1.54, 1.807) is 4.68 Å². The summed E-state index contributed by atoms with van der Waals surface area (Å²) in [6, 6.07) is 6.26. The van der Waals surface area contributed by atoms with Crippen molar-refractivity contribution in [3.8, 4) is 0 Å². The molecule has 1 N–H and O–H groups in total. The zero-order valence-electron chi connectivity index (χ0n) is 15.6. The van der Waals surface area contributed by atoms with Crippen molar-refractivity contribution in [2.75, 3.05) is 11.1 Å². The summed E-state index contributed by atoms with van der Waals surface area (Å²) >= 11 is 1.50. The number of thioether (sulfide) groups is 1. The monoisotopic (exact) mass is 361 g/mol. The summed E-state index contributed by atoms with van der Waals surface area (Å²) in [5, 5.41) is 15.4. The molecule has 7 heteroatoms. The zero-order chi connectivity index (χ0) is 18.4. The van der Waals surface area contributed by atoms with Gasteiger partial charge < -0.3 is 5.32 Å². The summed E-state index contributed by atoms with van der Waals surface area (Å²) in [4.78, 5) is 12.5. The molecule has 1 aromatic carbocycles. The largest absolute Gasteiger partial charge is 0.326 e. The number of aromatic nitrogens is 4. The Kier molecular flexibility index (Phi) is 6.99. The maximum absolute atomic E-state index is 12.5. The summed E-state index contributed by atoms with van der Waals surface area (Å²) in [5.74, 6) is 1.39. The molecule has 25 heavy (non-hydrogen) atoms. The molecule has 0 spiro atoms. The summed E-state index contributed by atoms with van der Waals surface area (Å²) < 4.78 is 1.73. The van der Waals surface area contributed by atoms with Gasteiger partial charge in [-0.2, -0.15) is 0 Å². The number of hydrogen-bond donors (Lipinski definition) is 1. The van der Waals surface area contributed by atoms with Gasteiger partial charge in [-0.25, -0.2) is 4.68 Å². The number of carbonyl (C=O) groups is 1. The fraction of sp³-hybridized carbons (Fsp3) is 0.556. The Hall–Kier alpha value is -1.89. The Labute approximate surface area is 153 Å². The van der Waals surface area contributed by atoms with Gasteiger partial charge in [0, 0.05) is 24.4 Å². The van der Waals surface area contributed by atoms with Gasteiger partial charge in [0.1, 0.15) is 0 Å². The molecular weight excluding hydrogens is 334 g/mol. The molecule has 6 nitrogen and oxygen atoms in total. The first kappa shape index (κ1) is 19.4. The molecular formula is C18H27N5OS. The van der Waals surface area contributed by atoms with Gasteiger partial charge in [0.2, 0.25) is 11.1 Å². The minimum atomic E-state index is 0.0259. The molecule has 2 rings (SSSR count). The topological polar surface area (TPSA) is 72.7 Å². The van der Waals surface area contributed by atoms with Crippen molar-refractivity contribution < 1.29 is 4.79 Å². The average Bonchev–Trinajstić information content (AvgIpc) is 3.02. The lowest BCUT2D eigenvalue weighted by molar-refractivity contribution is -0.115. The highest BCUT2D eigenvalue weighted by Crippen LogP contribution is 2.32. The third kappa shape index (κ3) is 5.04. The van der Waals surface area contributed by atoms with Crippen molar-refractivity contribution in [3.05, 3.63) is 29.3 Å². The van der Waals surface area contributed by atoms with Crippen molar-refractivity contribution in [3.63, 3.8) is 0 Å².